The lowest BCUT2D eigenvalue weighted by molar-refractivity contribution is -0.151. The van der Waals surface area contributed by atoms with E-state index in [1.807, 2.05) is 0 Å². The molecule has 7 nitrogen and oxygen atoms in total. The molecule has 0 aliphatic carbocycles. The van der Waals surface area contributed by atoms with Crippen molar-refractivity contribution in [3.63, 3.8) is 0 Å². The van der Waals surface area contributed by atoms with Crippen LogP contribution in [0.25, 0.3) is 0 Å². The van der Waals surface area contributed by atoms with E-state index >= 15 is 0 Å². The summed E-state index contributed by atoms with van der Waals surface area (Å²) in [5.74, 6) is -0.318. The van der Waals surface area contributed by atoms with Crippen LogP contribution in [-0.4, -0.2) is 44.5 Å². The van der Waals surface area contributed by atoms with Gasteiger partial charge in [-0.15, -0.1) is 0 Å². The Labute approximate surface area is 87.9 Å². The molecular formula is C8H16O7. The predicted octanol–water partition coefficient (Wildman–Crippen LogP) is 0.263. The average molecular weight is 224 g/mol. The van der Waals surface area contributed by atoms with E-state index in [0.29, 0.717) is 0 Å². The van der Waals surface area contributed by atoms with Crippen molar-refractivity contribution in [2.45, 2.75) is 13.8 Å². The molecule has 0 aliphatic heterocycles. The van der Waals surface area contributed by atoms with E-state index in [2.05, 4.69) is 18.9 Å². The summed E-state index contributed by atoms with van der Waals surface area (Å²) in [6.07, 6.45) is -0.838. The van der Waals surface area contributed by atoms with E-state index in [0.717, 1.165) is 0 Å². The van der Waals surface area contributed by atoms with Crippen molar-refractivity contribution in [3.05, 3.63) is 0 Å². The molecule has 0 saturated heterocycles. The fraction of sp³-hybridized carbons (Fsp3) is 0.750. The van der Waals surface area contributed by atoms with E-state index in [-0.39, 0.29) is 19.4 Å². The lowest BCUT2D eigenvalue weighted by Gasteiger charge is -1.97. The molecule has 0 aromatic carbocycles. The maximum absolute atomic E-state index is 10.0. The summed E-state index contributed by atoms with van der Waals surface area (Å²) in [6.45, 7) is 2.67. The SMILES string of the molecule is CCOC(=O)OCO.COCOC(C)=O. The molecule has 0 aromatic heterocycles. The molecular weight excluding hydrogens is 208 g/mol. The topological polar surface area (TPSA) is 91.3 Å². The molecule has 0 atom stereocenters. The molecule has 0 saturated carbocycles. The van der Waals surface area contributed by atoms with Gasteiger partial charge in [-0.1, -0.05) is 0 Å². The van der Waals surface area contributed by atoms with E-state index in [4.69, 9.17) is 5.11 Å². The van der Waals surface area contributed by atoms with Crippen LogP contribution in [0.1, 0.15) is 13.8 Å². The number of hydrogen-bond acceptors (Lipinski definition) is 7. The second-order valence-corrected chi connectivity index (χ2v) is 2.00. The molecule has 0 aromatic rings. The summed E-state index contributed by atoms with van der Waals surface area (Å²) in [4.78, 5) is 19.9. The van der Waals surface area contributed by atoms with Gasteiger partial charge in [-0.05, 0) is 6.92 Å². The zero-order valence-electron chi connectivity index (χ0n) is 9.02. The number of carbonyl (C=O) groups excluding carboxylic acids is 2. The molecule has 0 amide bonds. The molecule has 0 bridgehead atoms. The normalized spacial score (nSPS) is 8.27. The summed E-state index contributed by atoms with van der Waals surface area (Å²) in [5, 5.41) is 7.94. The number of carbonyl (C=O) groups is 2. The van der Waals surface area contributed by atoms with Crippen LogP contribution in [0.2, 0.25) is 0 Å². The Hall–Kier alpha value is -1.34. The van der Waals surface area contributed by atoms with Gasteiger partial charge < -0.3 is 24.1 Å². The van der Waals surface area contributed by atoms with Crippen molar-refractivity contribution in [2.24, 2.45) is 0 Å². The second-order valence-electron chi connectivity index (χ2n) is 2.00. The van der Waals surface area contributed by atoms with Gasteiger partial charge in [0.25, 0.3) is 0 Å². The summed E-state index contributed by atoms with van der Waals surface area (Å²) in [5.41, 5.74) is 0. The van der Waals surface area contributed by atoms with Crippen LogP contribution in [-0.2, 0) is 23.7 Å². The standard InChI is InChI=1S/C4H8O4.C4H8O3/c1-2-7-4(6)8-3-5;1-4(5)7-3-6-2/h5H,2-3H2,1H3;3H2,1-2H3. The maximum atomic E-state index is 10.0. The maximum Gasteiger partial charge on any atom is 0.510 e. The minimum absolute atomic E-state index is 0.0509. The van der Waals surface area contributed by atoms with Crippen LogP contribution in [0, 0.1) is 0 Å². The van der Waals surface area contributed by atoms with Gasteiger partial charge in [-0.3, -0.25) is 4.79 Å². The molecule has 1 N–H and O–H groups in total. The number of rotatable bonds is 4. The van der Waals surface area contributed by atoms with Crippen molar-refractivity contribution in [1.82, 2.24) is 0 Å². The van der Waals surface area contributed by atoms with Gasteiger partial charge in [-0.2, -0.15) is 0 Å². The van der Waals surface area contributed by atoms with Crippen LogP contribution in [0.3, 0.4) is 0 Å². The Kier molecular flexibility index (Phi) is 13.6. The lowest BCUT2D eigenvalue weighted by atomic mass is 10.8. The fourth-order valence-electron chi connectivity index (χ4n) is 0.354. The van der Waals surface area contributed by atoms with E-state index in [9.17, 15) is 9.59 Å². The second kappa shape index (κ2) is 12.7. The molecule has 90 valence electrons. The van der Waals surface area contributed by atoms with Crippen molar-refractivity contribution in [2.75, 3.05) is 27.3 Å². The molecule has 0 spiro atoms. The molecule has 0 heterocycles. The Bertz CT molecular complexity index is 160. The summed E-state index contributed by atoms with van der Waals surface area (Å²) in [7, 11) is 1.46. The summed E-state index contributed by atoms with van der Waals surface area (Å²) in [6, 6.07) is 0. The van der Waals surface area contributed by atoms with Crippen molar-refractivity contribution < 1.29 is 33.6 Å². The van der Waals surface area contributed by atoms with Crippen LogP contribution < -0.4 is 0 Å². The van der Waals surface area contributed by atoms with Gasteiger partial charge in [0.1, 0.15) is 0 Å². The van der Waals surface area contributed by atoms with Crippen LogP contribution >= 0.6 is 0 Å². The first-order chi connectivity index (χ1) is 7.08. The Morgan fingerprint density at radius 3 is 2.07 bits per heavy atom. The van der Waals surface area contributed by atoms with Gasteiger partial charge in [-0.25, -0.2) is 4.79 Å². The minimum atomic E-state index is -0.838. The predicted molar refractivity (Wildman–Crippen MR) is 48.8 cm³/mol. The molecule has 0 unspecified atom stereocenters. The smallest absolute Gasteiger partial charge is 0.439 e. The highest BCUT2D eigenvalue weighted by molar-refractivity contribution is 5.65. The van der Waals surface area contributed by atoms with E-state index in [1.54, 1.807) is 6.92 Å². The molecule has 0 rings (SSSR count). The first kappa shape index (κ1) is 16.1. The fourth-order valence-corrected chi connectivity index (χ4v) is 0.354. The van der Waals surface area contributed by atoms with Crippen molar-refractivity contribution >= 4 is 12.1 Å². The third kappa shape index (κ3) is 19.2. The zero-order valence-corrected chi connectivity index (χ0v) is 9.02. The summed E-state index contributed by atoms with van der Waals surface area (Å²) < 4.78 is 17.0. The molecule has 15 heavy (non-hydrogen) atoms. The number of ether oxygens (including phenoxy) is 4. The highest BCUT2D eigenvalue weighted by atomic mass is 16.8. The average Bonchev–Trinajstić information content (AvgIpc) is 2.16. The van der Waals surface area contributed by atoms with Gasteiger partial charge in [0.15, 0.2) is 13.6 Å². The highest BCUT2D eigenvalue weighted by Crippen LogP contribution is 1.80. The Balaban J connectivity index is 0. The number of aliphatic hydroxyl groups excluding tert-OH is 1. The third-order valence-electron chi connectivity index (χ3n) is 0.825. The van der Waals surface area contributed by atoms with Crippen molar-refractivity contribution in [3.8, 4) is 0 Å². The quantitative estimate of drug-likeness (QED) is 0.541. The van der Waals surface area contributed by atoms with Gasteiger partial charge in [0, 0.05) is 14.0 Å². The third-order valence-corrected chi connectivity index (χ3v) is 0.825. The first-order valence-corrected chi connectivity index (χ1v) is 4.11. The minimum Gasteiger partial charge on any atom is -0.439 e. The summed E-state index contributed by atoms with van der Waals surface area (Å²) >= 11 is 0. The number of methoxy groups -OCH3 is 1. The molecule has 0 radical (unpaired) electrons. The number of aliphatic hydroxyl groups is 1. The van der Waals surface area contributed by atoms with Crippen LogP contribution in [0.5, 0.6) is 0 Å². The zero-order chi connectivity index (χ0) is 12.1. The first-order valence-electron chi connectivity index (χ1n) is 4.11. The Morgan fingerprint density at radius 2 is 1.80 bits per heavy atom. The molecule has 0 fully saturated rings. The Morgan fingerprint density at radius 1 is 1.20 bits per heavy atom. The van der Waals surface area contributed by atoms with E-state index in [1.165, 1.54) is 14.0 Å². The monoisotopic (exact) mass is 224 g/mol. The van der Waals surface area contributed by atoms with Crippen molar-refractivity contribution in [1.29, 1.82) is 0 Å². The van der Waals surface area contributed by atoms with Gasteiger partial charge >= 0.3 is 12.1 Å². The number of hydrogen-bond donors (Lipinski definition) is 1. The largest absolute Gasteiger partial charge is 0.510 e. The van der Waals surface area contributed by atoms with Crippen LogP contribution in [0.15, 0.2) is 0 Å². The van der Waals surface area contributed by atoms with Gasteiger partial charge in [0.05, 0.1) is 6.61 Å². The van der Waals surface area contributed by atoms with Gasteiger partial charge in [0.2, 0.25) is 0 Å². The number of esters is 1. The van der Waals surface area contributed by atoms with Crippen LogP contribution in [0.4, 0.5) is 4.79 Å². The highest BCUT2D eigenvalue weighted by Gasteiger charge is 1.96. The lowest BCUT2D eigenvalue weighted by Crippen LogP contribution is -2.06. The molecule has 7 heteroatoms. The molecule has 0 aliphatic rings. The van der Waals surface area contributed by atoms with E-state index < -0.39 is 12.9 Å².